The molecular formula is C21H26N3P+2. The van der Waals surface area contributed by atoms with Crippen LogP contribution in [0.3, 0.4) is 0 Å². The van der Waals surface area contributed by atoms with Crippen molar-refractivity contribution in [3.8, 4) is 0 Å². The molecule has 2 aromatic rings. The molecule has 3 nitrogen and oxygen atoms in total. The van der Waals surface area contributed by atoms with Crippen molar-refractivity contribution < 1.29 is 4.58 Å². The third-order valence-electron chi connectivity index (χ3n) is 6.07. The molecule has 0 spiro atoms. The Hall–Kier alpha value is -1.86. The second-order valence-electron chi connectivity index (χ2n) is 7.30. The Bertz CT molecular complexity index is 759. The van der Waals surface area contributed by atoms with Gasteiger partial charge in [-0.15, -0.1) is 4.67 Å². The van der Waals surface area contributed by atoms with Crippen molar-refractivity contribution >= 4 is 24.0 Å². The maximum absolute atomic E-state index is 2.82. The predicted molar refractivity (Wildman–Crippen MR) is 106 cm³/mol. The van der Waals surface area contributed by atoms with E-state index in [-0.39, 0.29) is 0 Å². The van der Waals surface area contributed by atoms with E-state index in [1.807, 2.05) is 0 Å². The molecule has 0 aromatic heterocycles. The highest BCUT2D eigenvalue weighted by atomic mass is 31.2. The summed E-state index contributed by atoms with van der Waals surface area (Å²) in [7, 11) is -1.66. The van der Waals surface area contributed by atoms with Gasteiger partial charge in [0.15, 0.2) is 0 Å². The first-order valence-electron chi connectivity index (χ1n) is 9.50. The summed E-state index contributed by atoms with van der Waals surface area (Å²) in [6.07, 6.45) is 2.55. The van der Waals surface area contributed by atoms with Gasteiger partial charge in [-0.25, -0.2) is 4.90 Å². The summed E-state index contributed by atoms with van der Waals surface area (Å²) in [4.78, 5) is 2.72. The van der Waals surface area contributed by atoms with Gasteiger partial charge in [-0.2, -0.15) is 0 Å². The van der Waals surface area contributed by atoms with Crippen molar-refractivity contribution in [1.82, 2.24) is 9.57 Å². The standard InChI is InChI=1S/C21H26N3P/c1-18-23-16-8-14-22-15-9-17-24(21(22)23)25(18,19-10-4-2-5-11-19)20-12-6-3-7-13-20/h2-7,10-13,18H,8-9,14-17H2,1H3/q+2/t18-/m1/s1. The average molecular weight is 351 g/mol. The van der Waals surface area contributed by atoms with E-state index in [0.717, 1.165) is 0 Å². The summed E-state index contributed by atoms with van der Waals surface area (Å²) < 4.78 is 5.47. The van der Waals surface area contributed by atoms with Gasteiger partial charge in [0.1, 0.15) is 17.2 Å². The van der Waals surface area contributed by atoms with Gasteiger partial charge < -0.3 is 0 Å². The van der Waals surface area contributed by atoms with Crippen LogP contribution in [0, 0.1) is 0 Å². The van der Waals surface area contributed by atoms with E-state index in [1.165, 1.54) is 55.6 Å². The highest BCUT2D eigenvalue weighted by Crippen LogP contribution is 2.69. The summed E-state index contributed by atoms with van der Waals surface area (Å²) >= 11 is 0. The molecule has 1 atom stereocenters. The van der Waals surface area contributed by atoms with Crippen LogP contribution in [0.15, 0.2) is 60.7 Å². The third kappa shape index (κ3) is 2.05. The van der Waals surface area contributed by atoms with Gasteiger partial charge in [0.25, 0.3) is 7.41 Å². The molecule has 4 heteroatoms. The Morgan fingerprint density at radius 3 is 2.00 bits per heavy atom. The van der Waals surface area contributed by atoms with E-state index in [2.05, 4.69) is 81.7 Å². The molecule has 0 amide bonds. The third-order valence-corrected chi connectivity index (χ3v) is 10.7. The molecule has 1 fully saturated rings. The molecule has 0 aliphatic carbocycles. The minimum atomic E-state index is -1.66. The largest absolute Gasteiger partial charge is 0.389 e. The molecule has 0 saturated carbocycles. The van der Waals surface area contributed by atoms with Crippen molar-refractivity contribution in [2.75, 3.05) is 26.2 Å². The molecule has 2 aromatic carbocycles. The fraction of sp³-hybridized carbons (Fsp3) is 0.381. The van der Waals surface area contributed by atoms with Crippen molar-refractivity contribution in [3.05, 3.63) is 60.7 Å². The van der Waals surface area contributed by atoms with Gasteiger partial charge in [-0.05, 0) is 24.3 Å². The number of guanidine groups is 1. The van der Waals surface area contributed by atoms with Gasteiger partial charge in [0.2, 0.25) is 5.78 Å². The molecule has 128 valence electrons. The van der Waals surface area contributed by atoms with Crippen LogP contribution >= 0.6 is 7.41 Å². The maximum Gasteiger partial charge on any atom is 0.389 e. The fourth-order valence-corrected chi connectivity index (χ4v) is 10.1. The van der Waals surface area contributed by atoms with Crippen LogP contribution in [0.1, 0.15) is 19.8 Å². The van der Waals surface area contributed by atoms with Crippen LogP contribution in [0.2, 0.25) is 0 Å². The van der Waals surface area contributed by atoms with Crippen LogP contribution in [0.4, 0.5) is 0 Å². The molecule has 0 unspecified atom stereocenters. The SMILES string of the molecule is C[C@@H]1N2CCC[N+]3=C2N(CCC3)[P+]1(c1ccccc1)c1ccccc1. The number of hydrogen-bond donors (Lipinski definition) is 0. The van der Waals surface area contributed by atoms with Crippen molar-refractivity contribution in [2.24, 2.45) is 0 Å². The lowest BCUT2D eigenvalue weighted by molar-refractivity contribution is -0.547. The highest BCUT2D eigenvalue weighted by molar-refractivity contribution is 7.88. The zero-order valence-electron chi connectivity index (χ0n) is 14.9. The molecular weight excluding hydrogens is 325 g/mol. The van der Waals surface area contributed by atoms with Crippen molar-refractivity contribution in [2.45, 2.75) is 25.5 Å². The van der Waals surface area contributed by atoms with Gasteiger partial charge in [0.05, 0.1) is 19.6 Å². The molecule has 0 bridgehead atoms. The van der Waals surface area contributed by atoms with Crippen LogP contribution in [-0.4, -0.2) is 52.1 Å². The summed E-state index contributed by atoms with van der Waals surface area (Å²) in [5.74, 6) is 2.05. The molecule has 3 heterocycles. The average Bonchev–Trinajstić information content (AvgIpc) is 2.95. The van der Waals surface area contributed by atoms with E-state index >= 15 is 0 Å². The minimum Gasteiger partial charge on any atom is -0.262 e. The zero-order chi connectivity index (χ0) is 16.9. The fourth-order valence-electron chi connectivity index (χ4n) is 5.07. The summed E-state index contributed by atoms with van der Waals surface area (Å²) in [6.45, 7) is 7.30. The van der Waals surface area contributed by atoms with Crippen molar-refractivity contribution in [1.29, 1.82) is 0 Å². The number of benzene rings is 2. The Labute approximate surface area is 151 Å². The molecule has 3 aliphatic heterocycles. The van der Waals surface area contributed by atoms with E-state index < -0.39 is 7.41 Å². The van der Waals surface area contributed by atoms with E-state index in [9.17, 15) is 0 Å². The lowest BCUT2D eigenvalue weighted by atomic mass is 10.2. The minimum absolute atomic E-state index is 0.535. The Kier molecular flexibility index (Phi) is 3.60. The first kappa shape index (κ1) is 15.4. The van der Waals surface area contributed by atoms with E-state index in [0.29, 0.717) is 5.78 Å². The van der Waals surface area contributed by atoms with Gasteiger partial charge in [0, 0.05) is 19.8 Å². The number of nitrogens with zero attached hydrogens (tertiary/aromatic N) is 3. The summed E-state index contributed by atoms with van der Waals surface area (Å²) in [6, 6.07) is 22.7. The molecule has 5 rings (SSSR count). The van der Waals surface area contributed by atoms with Gasteiger partial charge in [-0.1, -0.05) is 36.4 Å². The lowest BCUT2D eigenvalue weighted by Gasteiger charge is -2.30. The quantitative estimate of drug-likeness (QED) is 0.608. The smallest absolute Gasteiger partial charge is 0.262 e. The predicted octanol–water partition coefficient (Wildman–Crippen LogP) is 2.71. The van der Waals surface area contributed by atoms with Crippen LogP contribution in [0.5, 0.6) is 0 Å². The number of hydrogen-bond acceptors (Lipinski definition) is 2. The topological polar surface area (TPSA) is 9.49 Å². The Morgan fingerprint density at radius 2 is 1.40 bits per heavy atom. The lowest BCUT2D eigenvalue weighted by Crippen LogP contribution is -2.51. The molecule has 0 N–H and O–H groups in total. The van der Waals surface area contributed by atoms with Crippen LogP contribution in [0.25, 0.3) is 0 Å². The molecule has 3 aliphatic rings. The Morgan fingerprint density at radius 1 is 0.840 bits per heavy atom. The Balaban J connectivity index is 1.81. The van der Waals surface area contributed by atoms with E-state index in [4.69, 9.17) is 0 Å². The van der Waals surface area contributed by atoms with Crippen LogP contribution in [-0.2, 0) is 0 Å². The molecule has 0 radical (unpaired) electrons. The molecule has 25 heavy (non-hydrogen) atoms. The summed E-state index contributed by atoms with van der Waals surface area (Å²) in [5, 5.41) is 3.05. The van der Waals surface area contributed by atoms with Crippen LogP contribution < -0.4 is 10.6 Å². The maximum atomic E-state index is 2.82. The normalized spacial score (nSPS) is 24.4. The second-order valence-corrected chi connectivity index (χ2v) is 10.9. The summed E-state index contributed by atoms with van der Waals surface area (Å²) in [5.41, 5.74) is 0. The van der Waals surface area contributed by atoms with Gasteiger partial charge in [-0.3, -0.25) is 4.58 Å². The number of rotatable bonds is 2. The highest BCUT2D eigenvalue weighted by Gasteiger charge is 2.71. The van der Waals surface area contributed by atoms with E-state index in [1.54, 1.807) is 0 Å². The van der Waals surface area contributed by atoms with Crippen molar-refractivity contribution in [3.63, 3.8) is 0 Å². The second kappa shape index (κ2) is 5.85. The first-order chi connectivity index (χ1) is 12.3. The monoisotopic (exact) mass is 351 g/mol. The first-order valence-corrected chi connectivity index (χ1v) is 11.3. The zero-order valence-corrected chi connectivity index (χ0v) is 15.8. The molecule has 1 saturated heterocycles. The van der Waals surface area contributed by atoms with Gasteiger partial charge >= 0.3 is 5.96 Å².